The van der Waals surface area contributed by atoms with Crippen LogP contribution in [-0.4, -0.2) is 46.8 Å². The molecule has 8 nitrogen and oxygen atoms in total. The highest BCUT2D eigenvalue weighted by Gasteiger charge is 2.10. The third-order valence-corrected chi connectivity index (χ3v) is 4.43. The number of aromatic nitrogens is 3. The zero-order valence-electron chi connectivity index (χ0n) is 17.6. The summed E-state index contributed by atoms with van der Waals surface area (Å²) in [5.74, 6) is 3.79. The predicted molar refractivity (Wildman–Crippen MR) is 128 cm³/mol. The summed E-state index contributed by atoms with van der Waals surface area (Å²) in [5, 5.41) is 7.46. The molecule has 3 aromatic rings. The first-order valence-corrected chi connectivity index (χ1v) is 9.25. The molecule has 0 aliphatic heterocycles. The molecule has 30 heavy (non-hydrogen) atoms. The van der Waals surface area contributed by atoms with Crippen LogP contribution in [-0.2, 0) is 20.1 Å². The molecule has 0 saturated heterocycles. The SMILES string of the molecule is CN=C(NCc1ccc(Oc2ccccc2OC)cc1)N(C)Cc1ncnn1C.I. The summed E-state index contributed by atoms with van der Waals surface area (Å²) < 4.78 is 13.0. The standard InChI is InChI=1S/C21H26N6O2.HI/c1-22-21(26(2)14-20-24-15-25-27(20)3)23-13-16-9-11-17(12-10-16)29-19-8-6-5-7-18(19)28-4;/h5-12,15H,13-14H2,1-4H3,(H,22,23);1H. The lowest BCUT2D eigenvalue weighted by atomic mass is 10.2. The molecule has 3 rings (SSSR count). The Morgan fingerprint density at radius 2 is 1.83 bits per heavy atom. The maximum Gasteiger partial charge on any atom is 0.194 e. The molecule has 1 N–H and O–H groups in total. The zero-order chi connectivity index (χ0) is 20.6. The summed E-state index contributed by atoms with van der Waals surface area (Å²) >= 11 is 0. The monoisotopic (exact) mass is 522 g/mol. The van der Waals surface area contributed by atoms with E-state index in [1.807, 2.05) is 67.5 Å². The van der Waals surface area contributed by atoms with Gasteiger partial charge in [-0.15, -0.1) is 24.0 Å². The maximum absolute atomic E-state index is 5.92. The molecular formula is C21H27IN6O2. The van der Waals surface area contributed by atoms with Crippen LogP contribution in [0.4, 0.5) is 0 Å². The molecule has 9 heteroatoms. The van der Waals surface area contributed by atoms with Crippen LogP contribution in [0.1, 0.15) is 11.4 Å². The highest BCUT2D eigenvalue weighted by molar-refractivity contribution is 14.0. The van der Waals surface area contributed by atoms with Gasteiger partial charge >= 0.3 is 0 Å². The number of ether oxygens (including phenoxy) is 2. The predicted octanol–water partition coefficient (Wildman–Crippen LogP) is 3.44. The number of nitrogens with zero attached hydrogens (tertiary/aromatic N) is 5. The van der Waals surface area contributed by atoms with E-state index in [2.05, 4.69) is 20.4 Å². The summed E-state index contributed by atoms with van der Waals surface area (Å²) in [4.78, 5) is 10.6. The van der Waals surface area contributed by atoms with Crippen molar-refractivity contribution in [3.63, 3.8) is 0 Å². The van der Waals surface area contributed by atoms with Crippen molar-refractivity contribution in [1.82, 2.24) is 25.0 Å². The van der Waals surface area contributed by atoms with Crippen LogP contribution in [0.2, 0.25) is 0 Å². The van der Waals surface area contributed by atoms with Gasteiger partial charge in [0.15, 0.2) is 17.5 Å². The minimum atomic E-state index is 0. The fourth-order valence-corrected chi connectivity index (χ4v) is 2.82. The number of methoxy groups -OCH3 is 1. The fraction of sp³-hybridized carbons (Fsp3) is 0.286. The molecule has 0 atom stereocenters. The molecule has 1 heterocycles. The van der Waals surface area contributed by atoms with Crippen molar-refractivity contribution in [2.45, 2.75) is 13.1 Å². The van der Waals surface area contributed by atoms with Crippen LogP contribution in [0.5, 0.6) is 17.2 Å². The Morgan fingerprint density at radius 1 is 1.13 bits per heavy atom. The Bertz CT molecular complexity index is 958. The van der Waals surface area contributed by atoms with Crippen LogP contribution in [0.3, 0.4) is 0 Å². The van der Waals surface area contributed by atoms with Gasteiger partial charge in [0.1, 0.15) is 17.9 Å². The van der Waals surface area contributed by atoms with Crippen molar-refractivity contribution in [2.24, 2.45) is 12.0 Å². The van der Waals surface area contributed by atoms with Crippen molar-refractivity contribution in [2.75, 3.05) is 21.2 Å². The van der Waals surface area contributed by atoms with Gasteiger partial charge in [-0.1, -0.05) is 24.3 Å². The van der Waals surface area contributed by atoms with E-state index in [0.717, 1.165) is 23.1 Å². The number of hydrogen-bond acceptors (Lipinski definition) is 5. The Kier molecular flexibility index (Phi) is 8.90. The zero-order valence-corrected chi connectivity index (χ0v) is 19.9. The number of hydrogen-bond donors (Lipinski definition) is 1. The molecule has 0 fully saturated rings. The smallest absolute Gasteiger partial charge is 0.194 e. The lowest BCUT2D eigenvalue weighted by Gasteiger charge is -2.21. The van der Waals surface area contributed by atoms with Crippen molar-refractivity contribution in [3.8, 4) is 17.2 Å². The van der Waals surface area contributed by atoms with Crippen molar-refractivity contribution in [1.29, 1.82) is 0 Å². The molecule has 0 unspecified atom stereocenters. The molecule has 160 valence electrons. The second-order valence-electron chi connectivity index (χ2n) is 6.45. The molecule has 0 saturated carbocycles. The van der Waals surface area contributed by atoms with Crippen LogP contribution in [0.25, 0.3) is 0 Å². The third kappa shape index (κ3) is 6.09. The Labute approximate surface area is 194 Å². The fourth-order valence-electron chi connectivity index (χ4n) is 2.82. The Hall–Kier alpha value is -2.82. The van der Waals surface area contributed by atoms with E-state index >= 15 is 0 Å². The number of benzene rings is 2. The number of aryl methyl sites for hydroxylation is 1. The van der Waals surface area contributed by atoms with E-state index < -0.39 is 0 Å². The first kappa shape index (κ1) is 23.5. The molecule has 1 aromatic heterocycles. The molecule has 0 amide bonds. The van der Waals surface area contributed by atoms with Crippen LogP contribution >= 0.6 is 24.0 Å². The largest absolute Gasteiger partial charge is 0.493 e. The lowest BCUT2D eigenvalue weighted by Crippen LogP contribution is -2.38. The van der Waals surface area contributed by atoms with Gasteiger partial charge in [0.2, 0.25) is 0 Å². The third-order valence-electron chi connectivity index (χ3n) is 4.43. The summed E-state index contributed by atoms with van der Waals surface area (Å²) in [7, 11) is 7.24. The second-order valence-corrected chi connectivity index (χ2v) is 6.45. The van der Waals surface area contributed by atoms with E-state index in [4.69, 9.17) is 9.47 Å². The van der Waals surface area contributed by atoms with Crippen LogP contribution in [0.15, 0.2) is 59.9 Å². The normalized spacial score (nSPS) is 10.9. The Balaban J connectivity index is 0.00000320. The molecule has 2 aromatic carbocycles. The molecule has 0 aliphatic carbocycles. The molecule has 0 bridgehead atoms. The molecule has 0 radical (unpaired) electrons. The first-order valence-electron chi connectivity index (χ1n) is 9.25. The van der Waals surface area contributed by atoms with Gasteiger partial charge in [-0.2, -0.15) is 5.10 Å². The van der Waals surface area contributed by atoms with Gasteiger partial charge in [0.05, 0.1) is 13.7 Å². The minimum Gasteiger partial charge on any atom is -0.493 e. The quantitative estimate of drug-likeness (QED) is 0.291. The van der Waals surface area contributed by atoms with Crippen LogP contribution in [0, 0.1) is 0 Å². The van der Waals surface area contributed by atoms with E-state index in [9.17, 15) is 0 Å². The minimum absolute atomic E-state index is 0. The number of nitrogens with one attached hydrogen (secondary N) is 1. The number of guanidine groups is 1. The molecular weight excluding hydrogens is 495 g/mol. The molecule has 0 aliphatic rings. The van der Waals surface area contributed by atoms with E-state index in [0.29, 0.717) is 24.6 Å². The second kappa shape index (κ2) is 11.4. The number of para-hydroxylation sites is 2. The summed E-state index contributed by atoms with van der Waals surface area (Å²) in [6, 6.07) is 15.5. The van der Waals surface area contributed by atoms with Gasteiger partial charge in [-0.05, 0) is 29.8 Å². The van der Waals surface area contributed by atoms with Gasteiger partial charge in [0.25, 0.3) is 0 Å². The number of rotatable bonds is 7. The first-order chi connectivity index (χ1) is 14.1. The molecule has 0 spiro atoms. The van der Waals surface area contributed by atoms with E-state index in [-0.39, 0.29) is 24.0 Å². The highest BCUT2D eigenvalue weighted by atomic mass is 127. The van der Waals surface area contributed by atoms with Crippen molar-refractivity contribution < 1.29 is 9.47 Å². The average molecular weight is 522 g/mol. The van der Waals surface area contributed by atoms with Crippen LogP contribution < -0.4 is 14.8 Å². The topological polar surface area (TPSA) is 76.8 Å². The maximum atomic E-state index is 5.92. The number of halogens is 1. The van der Waals surface area contributed by atoms with Gasteiger partial charge in [0, 0.05) is 27.7 Å². The van der Waals surface area contributed by atoms with Gasteiger partial charge < -0.3 is 19.7 Å². The average Bonchev–Trinajstić information content (AvgIpc) is 3.14. The highest BCUT2D eigenvalue weighted by Crippen LogP contribution is 2.30. The summed E-state index contributed by atoms with van der Waals surface area (Å²) in [6.07, 6.45) is 1.55. The van der Waals surface area contributed by atoms with Crippen molar-refractivity contribution in [3.05, 3.63) is 66.2 Å². The van der Waals surface area contributed by atoms with Gasteiger partial charge in [-0.3, -0.25) is 9.67 Å². The van der Waals surface area contributed by atoms with Crippen molar-refractivity contribution >= 4 is 29.9 Å². The van der Waals surface area contributed by atoms with E-state index in [1.165, 1.54) is 0 Å². The summed E-state index contributed by atoms with van der Waals surface area (Å²) in [5.41, 5.74) is 1.12. The Morgan fingerprint density at radius 3 is 2.43 bits per heavy atom. The lowest BCUT2D eigenvalue weighted by molar-refractivity contribution is 0.379. The van der Waals surface area contributed by atoms with Gasteiger partial charge in [-0.25, -0.2) is 4.98 Å². The summed E-state index contributed by atoms with van der Waals surface area (Å²) in [6.45, 7) is 1.26. The number of aliphatic imine (C=N–C) groups is 1. The van der Waals surface area contributed by atoms with E-state index in [1.54, 1.807) is 25.2 Å².